The second-order valence-electron chi connectivity index (χ2n) is 18.6. The van der Waals surface area contributed by atoms with E-state index in [9.17, 15) is 14.4 Å². The number of nitrogens with two attached hydrogens (primary N) is 1. The Bertz CT molecular complexity index is 2970. The molecule has 0 bridgehead atoms. The van der Waals surface area contributed by atoms with Crippen molar-refractivity contribution in [1.29, 1.82) is 0 Å². The quantitative estimate of drug-likeness (QED) is 0.0834. The molecule has 1 saturated carbocycles. The van der Waals surface area contributed by atoms with Gasteiger partial charge in [-0.2, -0.15) is 0 Å². The van der Waals surface area contributed by atoms with E-state index in [1.54, 1.807) is 30.6 Å². The summed E-state index contributed by atoms with van der Waals surface area (Å²) in [5.74, 6) is 2.22. The molecular formula is C53H59N13O4. The number of benzene rings is 3. The molecule has 3 aliphatic rings. The summed E-state index contributed by atoms with van der Waals surface area (Å²) in [4.78, 5) is 70.6. The van der Waals surface area contributed by atoms with Gasteiger partial charge in [-0.05, 0) is 98.7 Å². The average molecular weight is 942 g/mol. The minimum Gasteiger partial charge on any atom is -0.476 e. The number of imidazole rings is 1. The minimum atomic E-state index is -0.386. The summed E-state index contributed by atoms with van der Waals surface area (Å²) < 4.78 is 7.82. The molecular weight excluding hydrogens is 883 g/mol. The second kappa shape index (κ2) is 20.6. The lowest BCUT2D eigenvalue weighted by Crippen LogP contribution is -2.51. The van der Waals surface area contributed by atoms with E-state index in [0.717, 1.165) is 92.9 Å². The molecule has 10 rings (SSSR count). The van der Waals surface area contributed by atoms with Crippen molar-refractivity contribution >= 4 is 51.7 Å². The number of hydrogen-bond acceptors (Lipinski definition) is 13. The molecule has 17 nitrogen and oxygen atoms in total. The van der Waals surface area contributed by atoms with E-state index < -0.39 is 0 Å². The van der Waals surface area contributed by atoms with E-state index >= 15 is 0 Å². The van der Waals surface area contributed by atoms with E-state index in [0.29, 0.717) is 59.2 Å². The molecule has 360 valence electrons. The maximum Gasteiger partial charge on any atom is 0.274 e. The van der Waals surface area contributed by atoms with Crippen LogP contribution in [0, 0.1) is 12.8 Å². The summed E-state index contributed by atoms with van der Waals surface area (Å²) in [6.07, 6.45) is 8.59. The number of pyridine rings is 1. The van der Waals surface area contributed by atoms with Crippen molar-refractivity contribution in [3.8, 4) is 17.0 Å². The van der Waals surface area contributed by atoms with Gasteiger partial charge in [0.1, 0.15) is 30.0 Å². The number of aryl methyl sites for hydroxylation is 1. The molecule has 3 fully saturated rings. The zero-order valence-corrected chi connectivity index (χ0v) is 39.6. The lowest BCUT2D eigenvalue weighted by molar-refractivity contribution is -0.122. The summed E-state index contributed by atoms with van der Waals surface area (Å²) in [7, 11) is 0. The molecule has 4 atom stereocenters. The third-order valence-electron chi connectivity index (χ3n) is 13.9. The zero-order chi connectivity index (χ0) is 48.1. The molecule has 70 heavy (non-hydrogen) atoms. The Balaban J connectivity index is 0.672. The number of anilines is 3. The fourth-order valence-corrected chi connectivity index (χ4v) is 10.2. The van der Waals surface area contributed by atoms with Crippen molar-refractivity contribution in [2.24, 2.45) is 5.92 Å². The predicted octanol–water partition coefficient (Wildman–Crippen LogP) is 6.32. The van der Waals surface area contributed by atoms with Crippen molar-refractivity contribution in [3.63, 3.8) is 0 Å². The highest BCUT2D eigenvalue weighted by atomic mass is 16.5. The van der Waals surface area contributed by atoms with Gasteiger partial charge in [0.2, 0.25) is 17.6 Å². The number of nitrogens with zero attached hydrogens (tertiary/aromatic N) is 9. The van der Waals surface area contributed by atoms with Crippen molar-refractivity contribution < 1.29 is 19.1 Å². The van der Waals surface area contributed by atoms with Crippen LogP contribution in [0.3, 0.4) is 0 Å². The highest BCUT2D eigenvalue weighted by Crippen LogP contribution is 2.42. The molecule has 6 heterocycles. The van der Waals surface area contributed by atoms with Crippen LogP contribution in [0.5, 0.6) is 5.88 Å². The van der Waals surface area contributed by atoms with Crippen LogP contribution in [0.15, 0.2) is 109 Å². The number of ether oxygens (including phenoxy) is 1. The number of carbonyl (C=O) groups excluding carboxylic acids is 3. The molecule has 3 aromatic carbocycles. The lowest BCUT2D eigenvalue weighted by atomic mass is 9.84. The Kier molecular flexibility index (Phi) is 13.6. The Labute approximate surface area is 406 Å². The number of nitrogen functional groups attached to an aromatic ring is 1. The number of aromatic nitrogens is 6. The average Bonchev–Trinajstić information content (AvgIpc) is 3.96. The highest BCUT2D eigenvalue weighted by Gasteiger charge is 2.46. The van der Waals surface area contributed by atoms with Gasteiger partial charge in [-0.1, -0.05) is 49.2 Å². The molecule has 4 aromatic heterocycles. The predicted molar refractivity (Wildman–Crippen MR) is 270 cm³/mol. The summed E-state index contributed by atoms with van der Waals surface area (Å²) >= 11 is 0. The third kappa shape index (κ3) is 10.4. The van der Waals surface area contributed by atoms with Gasteiger partial charge in [0.25, 0.3) is 11.8 Å². The second-order valence-corrected chi connectivity index (χ2v) is 18.6. The van der Waals surface area contributed by atoms with E-state index in [-0.39, 0.29) is 41.5 Å². The molecule has 0 radical (unpaired) electrons. The van der Waals surface area contributed by atoms with Crippen molar-refractivity contribution in [2.45, 2.75) is 64.1 Å². The number of amides is 3. The van der Waals surface area contributed by atoms with E-state index in [1.807, 2.05) is 97.1 Å². The normalized spacial score (nSPS) is 18.9. The maximum atomic E-state index is 14.1. The third-order valence-corrected chi connectivity index (χ3v) is 13.9. The summed E-state index contributed by atoms with van der Waals surface area (Å²) in [6, 6.07) is 29.6. The number of carbonyl (C=O) groups is 3. The number of fused-ring (bicyclic) bond motifs is 4. The van der Waals surface area contributed by atoms with E-state index in [2.05, 4.69) is 45.6 Å². The van der Waals surface area contributed by atoms with E-state index in [1.165, 1.54) is 6.42 Å². The summed E-state index contributed by atoms with van der Waals surface area (Å²) in [5, 5.41) is 9.29. The fraction of sp³-hybridized carbons (Fsp3) is 0.358. The first-order valence-electron chi connectivity index (χ1n) is 24.4. The molecule has 0 unspecified atom stereocenters. The summed E-state index contributed by atoms with van der Waals surface area (Å²) in [6.45, 7) is 9.98. The van der Waals surface area contributed by atoms with Crippen LogP contribution in [0.4, 0.5) is 17.2 Å². The number of nitrogens with one attached hydrogen (secondary N) is 3. The molecule has 7 aromatic rings. The number of para-hydroxylation sites is 2. The first kappa shape index (κ1) is 46.2. The smallest absolute Gasteiger partial charge is 0.274 e. The molecule has 2 saturated heterocycles. The summed E-state index contributed by atoms with van der Waals surface area (Å²) in [5.41, 5.74) is 12.4. The molecule has 2 aliphatic heterocycles. The molecule has 1 aliphatic carbocycles. The Morgan fingerprint density at radius 3 is 2.33 bits per heavy atom. The Hall–Kier alpha value is -7.50. The van der Waals surface area contributed by atoms with Gasteiger partial charge >= 0.3 is 0 Å². The largest absolute Gasteiger partial charge is 0.476 e. The zero-order valence-electron chi connectivity index (χ0n) is 39.6. The Morgan fingerprint density at radius 1 is 0.814 bits per heavy atom. The first-order chi connectivity index (χ1) is 34.1. The van der Waals surface area contributed by atoms with Gasteiger partial charge in [0.15, 0.2) is 0 Å². The van der Waals surface area contributed by atoms with Crippen LogP contribution in [-0.4, -0.2) is 121 Å². The molecule has 17 heteroatoms. The van der Waals surface area contributed by atoms with Crippen LogP contribution in [0.25, 0.3) is 27.9 Å². The van der Waals surface area contributed by atoms with Gasteiger partial charge < -0.3 is 31.3 Å². The lowest BCUT2D eigenvalue weighted by Gasteiger charge is -2.35. The first-order valence-corrected chi connectivity index (χ1v) is 24.4. The van der Waals surface area contributed by atoms with Gasteiger partial charge in [0, 0.05) is 81.4 Å². The van der Waals surface area contributed by atoms with Crippen LogP contribution in [-0.2, 0) is 4.79 Å². The Morgan fingerprint density at radius 2 is 1.56 bits per heavy atom. The number of rotatable bonds is 15. The van der Waals surface area contributed by atoms with Gasteiger partial charge in [-0.3, -0.25) is 28.6 Å². The standard InChI is InChI=1S/C53H59N13O4/c1-34(57-50(67)38-13-11-36(12-14-38)37-15-17-40(54)18-16-37)44-32-48(59-35(2)58-44)66-45-9-5-3-7-39(45)31-47(66)52(69)55-22-24-63-25-27-64(28-26-63)29-30-70-49-20-19-41(33-56-49)60-51(68)43-21-23-65-46-10-6-4-8-42(46)61-53(65)62-43/h4,6,8,10-21,23,32-34,39,45,47H,3,5,7,9,22,24-31,54H2,1-2H3,(H,55,69)(H,57,67)(H,60,68)/t34-,39-,45-,47-/m0/s1. The van der Waals surface area contributed by atoms with Crippen LogP contribution in [0.1, 0.15) is 77.4 Å². The van der Waals surface area contributed by atoms with Crippen molar-refractivity contribution in [2.75, 3.05) is 68.4 Å². The molecule has 3 amide bonds. The number of hydrogen-bond donors (Lipinski definition) is 4. The molecule has 5 N–H and O–H groups in total. The van der Waals surface area contributed by atoms with E-state index in [4.69, 9.17) is 20.4 Å². The fourth-order valence-electron chi connectivity index (χ4n) is 10.2. The molecule has 0 spiro atoms. The minimum absolute atomic E-state index is 0.0361. The maximum absolute atomic E-state index is 14.1. The van der Waals surface area contributed by atoms with Gasteiger partial charge in [-0.15, -0.1) is 0 Å². The van der Waals surface area contributed by atoms with Crippen molar-refractivity contribution in [3.05, 3.63) is 132 Å². The van der Waals surface area contributed by atoms with Gasteiger partial charge in [-0.25, -0.2) is 24.9 Å². The number of piperazine rings is 1. The van der Waals surface area contributed by atoms with Crippen LogP contribution in [0.2, 0.25) is 0 Å². The topological polar surface area (TPSA) is 201 Å². The van der Waals surface area contributed by atoms with Crippen LogP contribution < -0.4 is 31.3 Å². The SMILES string of the molecule is Cc1nc([C@H](C)NC(=O)c2ccc(-c3ccc(N)cc3)cc2)cc(N2[C@H](C(=O)NCCN3CCN(CCOc4ccc(NC(=O)c5ccn6c(n5)nc5ccccc56)cn4)CC3)C[C@@H]3CCCC[C@@H]32)n1. The van der Waals surface area contributed by atoms with Crippen molar-refractivity contribution in [1.82, 2.24) is 49.8 Å². The highest BCUT2D eigenvalue weighted by molar-refractivity contribution is 6.03. The monoisotopic (exact) mass is 941 g/mol. The van der Waals surface area contributed by atoms with Crippen LogP contribution >= 0.6 is 0 Å². The van der Waals surface area contributed by atoms with Gasteiger partial charge in [0.05, 0.1) is 34.7 Å².